The second kappa shape index (κ2) is 11.1. The van der Waals surface area contributed by atoms with Crippen LogP contribution in [0.2, 0.25) is 0 Å². The third-order valence-electron chi connectivity index (χ3n) is 7.18. The molecule has 0 aromatic heterocycles. The highest BCUT2D eigenvalue weighted by atomic mass is 32.1. The van der Waals surface area contributed by atoms with Crippen LogP contribution >= 0.6 is 12.2 Å². The lowest BCUT2D eigenvalue weighted by atomic mass is 9.67. The number of ether oxygens (including phenoxy) is 2. The molecule has 1 aliphatic heterocycles. The van der Waals surface area contributed by atoms with Gasteiger partial charge in [0.2, 0.25) is 0 Å². The molecule has 6 nitrogen and oxygen atoms in total. The van der Waals surface area contributed by atoms with Crippen LogP contribution in [-0.2, 0) is 0 Å². The summed E-state index contributed by atoms with van der Waals surface area (Å²) in [5, 5.41) is 12.7. The van der Waals surface area contributed by atoms with Crippen molar-refractivity contribution in [2.45, 2.75) is 31.3 Å². The maximum absolute atomic E-state index is 5.57. The van der Waals surface area contributed by atoms with Crippen LogP contribution in [0.3, 0.4) is 0 Å². The molecule has 3 N–H and O–H groups in total. The van der Waals surface area contributed by atoms with Gasteiger partial charge in [-0.2, -0.15) is 5.10 Å². The molecule has 2 bridgehead atoms. The fourth-order valence-corrected chi connectivity index (χ4v) is 5.68. The van der Waals surface area contributed by atoms with E-state index in [-0.39, 0.29) is 23.9 Å². The molecular formula is C29H32N4O2S. The lowest BCUT2D eigenvalue weighted by Gasteiger charge is -2.47. The summed E-state index contributed by atoms with van der Waals surface area (Å²) >= 11 is 5.57. The van der Waals surface area contributed by atoms with Crippen LogP contribution in [0.1, 0.15) is 42.5 Å². The largest absolute Gasteiger partial charge is 0.497 e. The molecule has 1 heterocycles. The van der Waals surface area contributed by atoms with Gasteiger partial charge < -0.3 is 20.1 Å². The van der Waals surface area contributed by atoms with Crippen LogP contribution in [0.4, 0.5) is 5.69 Å². The van der Waals surface area contributed by atoms with E-state index in [1.165, 1.54) is 11.1 Å². The molecule has 3 aromatic carbocycles. The van der Waals surface area contributed by atoms with E-state index in [2.05, 4.69) is 52.5 Å². The van der Waals surface area contributed by atoms with E-state index in [0.29, 0.717) is 5.11 Å². The second-order valence-corrected chi connectivity index (χ2v) is 9.70. The summed E-state index contributed by atoms with van der Waals surface area (Å²) in [5.74, 6) is 2.22. The quantitative estimate of drug-likeness (QED) is 0.292. The van der Waals surface area contributed by atoms with E-state index in [1.807, 2.05) is 42.5 Å². The maximum atomic E-state index is 5.57. The molecule has 1 saturated heterocycles. The fraction of sp³-hybridized carbons (Fsp3) is 0.310. The van der Waals surface area contributed by atoms with Gasteiger partial charge in [0.15, 0.2) is 5.11 Å². The first-order chi connectivity index (χ1) is 17.7. The van der Waals surface area contributed by atoms with Crippen molar-refractivity contribution in [2.75, 3.05) is 19.5 Å². The zero-order valence-electron chi connectivity index (χ0n) is 20.6. The smallest absolute Gasteiger partial charge is 0.191 e. The summed E-state index contributed by atoms with van der Waals surface area (Å²) in [6, 6.07) is 26.8. The highest BCUT2D eigenvalue weighted by molar-refractivity contribution is 7.80. The third-order valence-corrected chi connectivity index (χ3v) is 7.37. The normalized spacial score (nSPS) is 22.9. The molecular weight excluding hydrogens is 468 g/mol. The molecule has 186 valence electrons. The molecule has 7 heteroatoms. The monoisotopic (exact) mass is 500 g/mol. The van der Waals surface area contributed by atoms with Gasteiger partial charge >= 0.3 is 0 Å². The van der Waals surface area contributed by atoms with E-state index in [1.54, 1.807) is 14.2 Å². The number of nitrogens with zero attached hydrogens (tertiary/aromatic N) is 1. The van der Waals surface area contributed by atoms with Crippen molar-refractivity contribution in [3.05, 3.63) is 90.0 Å². The molecule has 5 rings (SSSR count). The molecule has 4 atom stereocenters. The van der Waals surface area contributed by atoms with Crippen LogP contribution in [0.25, 0.3) is 0 Å². The second-order valence-electron chi connectivity index (χ2n) is 9.29. The van der Waals surface area contributed by atoms with Crippen LogP contribution in [-0.4, -0.2) is 25.0 Å². The van der Waals surface area contributed by atoms with Crippen molar-refractivity contribution < 1.29 is 9.47 Å². The van der Waals surface area contributed by atoms with Crippen molar-refractivity contribution in [3.63, 3.8) is 0 Å². The Bertz CT molecular complexity index is 1170. The summed E-state index contributed by atoms with van der Waals surface area (Å²) in [6.07, 6.45) is 3.29. The molecule has 0 amide bonds. The number of nitrogens with one attached hydrogen (secondary N) is 3. The molecule has 2 fully saturated rings. The van der Waals surface area contributed by atoms with Crippen molar-refractivity contribution in [2.24, 2.45) is 16.9 Å². The Morgan fingerprint density at radius 3 is 1.97 bits per heavy atom. The Morgan fingerprint density at radius 1 is 0.833 bits per heavy atom. The topological polar surface area (TPSA) is 66.9 Å². The number of thiocarbonyl (C=S) groups is 1. The summed E-state index contributed by atoms with van der Waals surface area (Å²) in [5.41, 5.74) is 7.65. The Kier molecular flexibility index (Phi) is 7.49. The fourth-order valence-electron chi connectivity index (χ4n) is 5.52. The van der Waals surface area contributed by atoms with E-state index in [4.69, 9.17) is 26.8 Å². The van der Waals surface area contributed by atoms with Gasteiger partial charge in [-0.05, 0) is 72.6 Å². The number of methoxy groups -OCH3 is 2. The Hall–Kier alpha value is -3.42. The number of hydrazone groups is 1. The van der Waals surface area contributed by atoms with E-state index in [9.17, 15) is 0 Å². The molecule has 0 spiro atoms. The van der Waals surface area contributed by atoms with Gasteiger partial charge in [-0.15, -0.1) is 0 Å². The summed E-state index contributed by atoms with van der Waals surface area (Å²) in [7, 11) is 3.42. The highest BCUT2D eigenvalue weighted by Gasteiger charge is 2.45. The third kappa shape index (κ3) is 5.22. The van der Waals surface area contributed by atoms with Crippen LogP contribution in [0, 0.1) is 11.8 Å². The molecule has 36 heavy (non-hydrogen) atoms. The van der Waals surface area contributed by atoms with Gasteiger partial charge in [-0.25, -0.2) is 0 Å². The molecule has 4 unspecified atom stereocenters. The number of piperidine rings is 1. The van der Waals surface area contributed by atoms with Gasteiger partial charge in [0.25, 0.3) is 0 Å². The molecule has 3 aromatic rings. The predicted molar refractivity (Wildman–Crippen MR) is 149 cm³/mol. The van der Waals surface area contributed by atoms with E-state index < -0.39 is 0 Å². The first-order valence-electron chi connectivity index (χ1n) is 12.4. The van der Waals surface area contributed by atoms with Crippen LogP contribution in [0.15, 0.2) is 84.0 Å². The van der Waals surface area contributed by atoms with Gasteiger partial charge in [0.05, 0.1) is 14.2 Å². The van der Waals surface area contributed by atoms with Gasteiger partial charge in [-0.3, -0.25) is 5.43 Å². The predicted octanol–water partition coefficient (Wildman–Crippen LogP) is 5.85. The molecule has 1 saturated carbocycles. The van der Waals surface area contributed by atoms with E-state index >= 15 is 0 Å². The number of fused-ring (bicyclic) bond motifs is 2. The number of para-hydroxylation sites is 1. The van der Waals surface area contributed by atoms with Crippen LogP contribution < -0.4 is 25.5 Å². The van der Waals surface area contributed by atoms with Gasteiger partial charge in [-0.1, -0.05) is 48.9 Å². The summed E-state index contributed by atoms with van der Waals surface area (Å²) < 4.78 is 11.1. The number of hydrogen-bond donors (Lipinski definition) is 3. The van der Waals surface area contributed by atoms with Gasteiger partial charge in [0.1, 0.15) is 11.5 Å². The first kappa shape index (κ1) is 24.3. The summed E-state index contributed by atoms with van der Waals surface area (Å²) in [4.78, 5) is 0. The number of hydrogen-bond acceptors (Lipinski definition) is 5. The van der Waals surface area contributed by atoms with Crippen molar-refractivity contribution in [1.29, 1.82) is 0 Å². The number of benzene rings is 3. The maximum Gasteiger partial charge on any atom is 0.191 e. The number of rotatable bonds is 6. The molecule has 1 aliphatic carbocycles. The lowest BCUT2D eigenvalue weighted by molar-refractivity contribution is 0.232. The van der Waals surface area contributed by atoms with Crippen molar-refractivity contribution >= 4 is 28.7 Å². The average molecular weight is 501 g/mol. The van der Waals surface area contributed by atoms with Crippen molar-refractivity contribution in [3.8, 4) is 11.5 Å². The number of anilines is 1. The SMILES string of the molecule is COc1cccc(C2NC(c3cccc(OC)c3)C3CCCC2C3=NNC(=S)Nc2ccccc2)c1. The van der Waals surface area contributed by atoms with Crippen LogP contribution in [0.5, 0.6) is 11.5 Å². The zero-order chi connectivity index (χ0) is 24.9. The average Bonchev–Trinajstić information content (AvgIpc) is 2.92. The Labute approximate surface area is 218 Å². The Morgan fingerprint density at radius 2 is 1.42 bits per heavy atom. The first-order valence-corrected chi connectivity index (χ1v) is 12.8. The minimum atomic E-state index is 0.101. The summed E-state index contributed by atoms with van der Waals surface area (Å²) in [6.45, 7) is 0. The minimum absolute atomic E-state index is 0.101. The van der Waals surface area contributed by atoms with Gasteiger partial charge in [0, 0.05) is 35.3 Å². The van der Waals surface area contributed by atoms with E-state index in [0.717, 1.165) is 42.2 Å². The molecule has 0 radical (unpaired) electrons. The Balaban J connectivity index is 1.49. The lowest BCUT2D eigenvalue weighted by Crippen LogP contribution is -2.51. The highest BCUT2D eigenvalue weighted by Crippen LogP contribution is 2.47. The standard InChI is InChI=1S/C29H32N4O2S/c1-34-22-13-6-9-19(17-22)26-24-15-8-16-25(27(31-26)20-10-7-14-23(18-20)35-2)28(24)32-33-29(36)30-21-11-4-3-5-12-21/h3-7,9-14,17-18,24-27,31H,8,15-16H2,1-2H3,(H2,30,33,36). The zero-order valence-corrected chi connectivity index (χ0v) is 21.4. The minimum Gasteiger partial charge on any atom is -0.497 e. The van der Waals surface area contributed by atoms with Crippen molar-refractivity contribution in [1.82, 2.24) is 10.7 Å². The molecule has 2 aliphatic rings.